The molecule has 1 saturated heterocycles. The highest BCUT2D eigenvalue weighted by atomic mass is 16.5. The minimum atomic E-state index is -0.520. The van der Waals surface area contributed by atoms with Crippen LogP contribution in [0, 0.1) is 5.92 Å². The normalized spacial score (nSPS) is 17.2. The number of aliphatic hydroxyl groups excluding tert-OH is 1. The van der Waals surface area contributed by atoms with Crippen LogP contribution in [0.4, 0.5) is 0 Å². The first kappa shape index (κ1) is 23.0. The predicted molar refractivity (Wildman–Crippen MR) is 120 cm³/mol. The Balaban J connectivity index is 0.000000913. The SMILES string of the molecule is COc1cccc(-c2cccc(C(=O)N3C[C@@H](Cc4ccncc4)[C@@H](O)C3)c2)c1.O=CO. The maximum atomic E-state index is 13.1. The number of ether oxygens (including phenoxy) is 1. The van der Waals surface area contributed by atoms with Crippen molar-refractivity contribution in [2.24, 2.45) is 5.92 Å². The molecule has 1 aliphatic heterocycles. The molecule has 0 radical (unpaired) electrons. The van der Waals surface area contributed by atoms with Gasteiger partial charge in [-0.25, -0.2) is 0 Å². The molecule has 7 nitrogen and oxygen atoms in total. The quantitative estimate of drug-likeness (QED) is 0.599. The molecule has 32 heavy (non-hydrogen) atoms. The fourth-order valence-electron chi connectivity index (χ4n) is 3.86. The van der Waals surface area contributed by atoms with Crippen LogP contribution in [0.2, 0.25) is 0 Å². The molecule has 166 valence electrons. The lowest BCUT2D eigenvalue weighted by molar-refractivity contribution is -0.122. The Morgan fingerprint density at radius 1 is 1.09 bits per heavy atom. The van der Waals surface area contributed by atoms with Gasteiger partial charge in [-0.15, -0.1) is 0 Å². The number of rotatable bonds is 5. The third kappa shape index (κ3) is 5.70. The smallest absolute Gasteiger partial charge is 0.290 e. The Labute approximate surface area is 186 Å². The molecule has 7 heteroatoms. The summed E-state index contributed by atoms with van der Waals surface area (Å²) in [5.74, 6) is 0.759. The zero-order valence-electron chi connectivity index (χ0n) is 17.8. The lowest BCUT2D eigenvalue weighted by Crippen LogP contribution is -2.29. The number of likely N-dealkylation sites (tertiary alicyclic amines) is 1. The molecule has 2 N–H and O–H groups in total. The van der Waals surface area contributed by atoms with Gasteiger partial charge in [0.05, 0.1) is 13.2 Å². The summed E-state index contributed by atoms with van der Waals surface area (Å²) in [5, 5.41) is 17.4. The van der Waals surface area contributed by atoms with Crippen LogP contribution in [0.3, 0.4) is 0 Å². The van der Waals surface area contributed by atoms with Crippen LogP contribution < -0.4 is 4.74 Å². The van der Waals surface area contributed by atoms with E-state index in [2.05, 4.69) is 4.98 Å². The van der Waals surface area contributed by atoms with Gasteiger partial charge in [-0.3, -0.25) is 14.6 Å². The molecular formula is C25H26N2O5. The maximum Gasteiger partial charge on any atom is 0.290 e. The average Bonchev–Trinajstić information content (AvgIpc) is 3.20. The van der Waals surface area contributed by atoms with Crippen molar-refractivity contribution in [3.05, 3.63) is 84.2 Å². The van der Waals surface area contributed by atoms with E-state index in [0.29, 0.717) is 18.7 Å². The third-order valence-electron chi connectivity index (χ3n) is 5.45. The summed E-state index contributed by atoms with van der Waals surface area (Å²) < 4.78 is 5.30. The standard InChI is InChI=1S/C24H24N2O3.CH2O2/c1-29-22-7-3-5-19(14-22)18-4-2-6-20(13-18)24(28)26-15-21(23(27)16-26)12-17-8-10-25-11-9-17;2-1-3/h2-11,13-14,21,23,27H,12,15-16H2,1H3;1H,(H,2,3)/t21-,23+;/m1./s1. The van der Waals surface area contributed by atoms with Crippen molar-refractivity contribution >= 4 is 12.4 Å². The number of nitrogens with zero attached hydrogens (tertiary/aromatic N) is 2. The van der Waals surface area contributed by atoms with Crippen LogP contribution in [-0.2, 0) is 11.2 Å². The van der Waals surface area contributed by atoms with Crippen molar-refractivity contribution in [2.75, 3.05) is 20.2 Å². The van der Waals surface area contributed by atoms with Crippen LogP contribution >= 0.6 is 0 Å². The number of benzene rings is 2. The summed E-state index contributed by atoms with van der Waals surface area (Å²) in [6.07, 6.45) is 3.72. The molecule has 2 aromatic carbocycles. The summed E-state index contributed by atoms with van der Waals surface area (Å²) in [6, 6.07) is 19.3. The van der Waals surface area contributed by atoms with Gasteiger partial charge in [-0.1, -0.05) is 24.3 Å². The Morgan fingerprint density at radius 2 is 1.75 bits per heavy atom. The van der Waals surface area contributed by atoms with Gasteiger partial charge in [0, 0.05) is 37.0 Å². The van der Waals surface area contributed by atoms with Crippen LogP contribution in [0.5, 0.6) is 5.75 Å². The lowest BCUT2D eigenvalue weighted by atomic mass is 9.97. The first-order valence-electron chi connectivity index (χ1n) is 10.2. The van der Waals surface area contributed by atoms with E-state index in [1.807, 2.05) is 60.7 Å². The predicted octanol–water partition coefficient (Wildman–Crippen LogP) is 3.13. The minimum absolute atomic E-state index is 0.0305. The number of aromatic nitrogens is 1. The molecule has 0 spiro atoms. The van der Waals surface area contributed by atoms with E-state index in [0.717, 1.165) is 28.9 Å². The zero-order chi connectivity index (χ0) is 22.9. The summed E-state index contributed by atoms with van der Waals surface area (Å²) in [7, 11) is 1.64. The number of hydrogen-bond acceptors (Lipinski definition) is 5. The second-order valence-electron chi connectivity index (χ2n) is 7.52. The molecule has 0 bridgehead atoms. The first-order chi connectivity index (χ1) is 15.5. The maximum absolute atomic E-state index is 13.1. The molecule has 1 amide bonds. The summed E-state index contributed by atoms with van der Waals surface area (Å²) in [4.78, 5) is 27.2. The van der Waals surface area contributed by atoms with E-state index in [9.17, 15) is 9.90 Å². The highest BCUT2D eigenvalue weighted by molar-refractivity contribution is 5.95. The van der Waals surface area contributed by atoms with Crippen LogP contribution in [0.25, 0.3) is 11.1 Å². The summed E-state index contributed by atoms with van der Waals surface area (Å²) in [6.45, 7) is 0.656. The number of carbonyl (C=O) groups excluding carboxylic acids is 1. The van der Waals surface area contributed by atoms with Crippen molar-refractivity contribution in [1.29, 1.82) is 0 Å². The highest BCUT2D eigenvalue weighted by Crippen LogP contribution is 2.27. The van der Waals surface area contributed by atoms with Gasteiger partial charge in [0.1, 0.15) is 5.75 Å². The molecule has 0 unspecified atom stereocenters. The Hall–Kier alpha value is -3.71. The fraction of sp³-hybridized carbons (Fsp3) is 0.240. The van der Waals surface area contributed by atoms with E-state index in [4.69, 9.17) is 14.6 Å². The lowest BCUT2D eigenvalue weighted by Gasteiger charge is -2.17. The Morgan fingerprint density at radius 3 is 2.44 bits per heavy atom. The van der Waals surface area contributed by atoms with E-state index >= 15 is 0 Å². The molecule has 3 aromatic rings. The first-order valence-corrected chi connectivity index (χ1v) is 10.2. The van der Waals surface area contributed by atoms with E-state index < -0.39 is 6.10 Å². The number of aliphatic hydroxyl groups is 1. The highest BCUT2D eigenvalue weighted by Gasteiger charge is 2.34. The molecule has 2 heterocycles. The Kier molecular flexibility index (Phi) is 7.94. The number of hydrogen-bond donors (Lipinski definition) is 2. The van der Waals surface area contributed by atoms with Crippen LogP contribution in [-0.4, -0.2) is 58.8 Å². The second kappa shape index (κ2) is 11.1. The second-order valence-corrected chi connectivity index (χ2v) is 7.52. The van der Waals surface area contributed by atoms with E-state index in [1.54, 1.807) is 24.4 Å². The van der Waals surface area contributed by atoms with Gasteiger partial charge in [0.2, 0.25) is 0 Å². The fourth-order valence-corrected chi connectivity index (χ4v) is 3.86. The molecule has 2 atom stereocenters. The molecule has 1 aromatic heterocycles. The van der Waals surface area contributed by atoms with E-state index in [1.165, 1.54) is 0 Å². The number of carbonyl (C=O) groups is 2. The number of amides is 1. The largest absolute Gasteiger partial charge is 0.497 e. The number of pyridine rings is 1. The Bertz CT molecular complexity index is 1040. The molecular weight excluding hydrogens is 408 g/mol. The van der Waals surface area contributed by atoms with Crippen LogP contribution in [0.1, 0.15) is 15.9 Å². The zero-order valence-corrected chi connectivity index (χ0v) is 17.8. The van der Waals surface area contributed by atoms with Gasteiger partial charge in [0.25, 0.3) is 12.4 Å². The van der Waals surface area contributed by atoms with Gasteiger partial charge in [-0.05, 0) is 59.5 Å². The molecule has 1 fully saturated rings. The van der Waals surface area contributed by atoms with Crippen molar-refractivity contribution in [3.8, 4) is 16.9 Å². The third-order valence-corrected chi connectivity index (χ3v) is 5.45. The van der Waals surface area contributed by atoms with Crippen molar-refractivity contribution < 1.29 is 24.5 Å². The van der Waals surface area contributed by atoms with Gasteiger partial charge in [-0.2, -0.15) is 0 Å². The monoisotopic (exact) mass is 434 g/mol. The van der Waals surface area contributed by atoms with Crippen molar-refractivity contribution in [1.82, 2.24) is 9.88 Å². The van der Waals surface area contributed by atoms with Crippen molar-refractivity contribution in [3.63, 3.8) is 0 Å². The van der Waals surface area contributed by atoms with Crippen molar-refractivity contribution in [2.45, 2.75) is 12.5 Å². The molecule has 4 rings (SSSR count). The molecule has 0 aliphatic carbocycles. The number of β-amino-alcohol motifs (C(OH)–C–C–N with tert-alkyl or cyclic N) is 1. The molecule has 1 aliphatic rings. The number of methoxy groups -OCH3 is 1. The van der Waals surface area contributed by atoms with Gasteiger partial charge in [0.15, 0.2) is 0 Å². The average molecular weight is 434 g/mol. The summed E-state index contributed by atoms with van der Waals surface area (Å²) in [5.41, 5.74) is 3.71. The van der Waals surface area contributed by atoms with Gasteiger partial charge >= 0.3 is 0 Å². The molecule has 0 saturated carbocycles. The van der Waals surface area contributed by atoms with Gasteiger partial charge < -0.3 is 19.8 Å². The number of carboxylic acid groups (broad SMARTS) is 1. The van der Waals surface area contributed by atoms with E-state index in [-0.39, 0.29) is 18.3 Å². The minimum Gasteiger partial charge on any atom is -0.497 e. The topological polar surface area (TPSA) is 100.0 Å². The van der Waals surface area contributed by atoms with Crippen LogP contribution in [0.15, 0.2) is 73.1 Å². The summed E-state index contributed by atoms with van der Waals surface area (Å²) >= 11 is 0.